The average Bonchev–Trinajstić information content (AvgIpc) is 2.52. The minimum absolute atomic E-state index is 0.247. The number of urea groups is 1. The van der Waals surface area contributed by atoms with Crippen molar-refractivity contribution >= 4 is 11.7 Å². The molecule has 0 atom stereocenters. The van der Waals surface area contributed by atoms with Gasteiger partial charge >= 0.3 is 12.2 Å². The predicted octanol–water partition coefficient (Wildman–Crippen LogP) is 4.64. The Morgan fingerprint density at radius 2 is 1.88 bits per heavy atom. The van der Waals surface area contributed by atoms with Gasteiger partial charge in [0.2, 0.25) is 0 Å². The summed E-state index contributed by atoms with van der Waals surface area (Å²) in [6.07, 6.45) is -2.35. The van der Waals surface area contributed by atoms with E-state index in [1.165, 1.54) is 4.90 Å². The van der Waals surface area contributed by atoms with E-state index in [1.54, 1.807) is 0 Å². The first-order chi connectivity index (χ1) is 12.0. The van der Waals surface area contributed by atoms with E-state index in [1.807, 2.05) is 0 Å². The molecule has 1 aromatic rings. The van der Waals surface area contributed by atoms with Crippen molar-refractivity contribution in [2.24, 2.45) is 5.92 Å². The van der Waals surface area contributed by atoms with Gasteiger partial charge in [-0.1, -0.05) is 13.8 Å². The molecule has 2 N–H and O–H groups in total. The maximum absolute atomic E-state index is 13.4. The van der Waals surface area contributed by atoms with Crippen molar-refractivity contribution in [3.8, 4) is 0 Å². The summed E-state index contributed by atoms with van der Waals surface area (Å²) >= 11 is 0. The smallest absolute Gasteiger partial charge is 0.390 e. The predicted molar refractivity (Wildman–Crippen MR) is 90.2 cm³/mol. The quantitative estimate of drug-likeness (QED) is 0.752. The number of piperidine rings is 1. The first-order valence-electron chi connectivity index (χ1n) is 8.65. The number of nitrogens with zero attached hydrogens (tertiary/aromatic N) is 1. The summed E-state index contributed by atoms with van der Waals surface area (Å²) in [7, 11) is 0. The molecule has 1 saturated heterocycles. The first kappa shape index (κ1) is 20.5. The number of nitrogens with one attached hydrogen (secondary N) is 1. The highest BCUT2D eigenvalue weighted by atomic mass is 19.4. The Morgan fingerprint density at radius 1 is 1.27 bits per heavy atom. The molecular weight excluding hydrogens is 352 g/mol. The van der Waals surface area contributed by atoms with Crippen LogP contribution in [0.15, 0.2) is 18.2 Å². The van der Waals surface area contributed by atoms with E-state index in [0.29, 0.717) is 50.4 Å². The number of hydrogen-bond acceptors (Lipinski definition) is 2. The molecule has 0 aliphatic carbocycles. The Labute approximate surface area is 150 Å². The van der Waals surface area contributed by atoms with Crippen LogP contribution in [0.3, 0.4) is 0 Å². The molecule has 4 nitrogen and oxygen atoms in total. The second-order valence-corrected chi connectivity index (χ2v) is 7.30. The molecule has 26 heavy (non-hydrogen) atoms. The van der Waals surface area contributed by atoms with Crippen molar-refractivity contribution in [1.82, 2.24) is 4.90 Å². The second kappa shape index (κ2) is 7.82. The lowest BCUT2D eigenvalue weighted by atomic mass is 9.85. The molecule has 0 bridgehead atoms. The summed E-state index contributed by atoms with van der Waals surface area (Å²) in [5, 5.41) is 12.8. The second-order valence-electron chi connectivity index (χ2n) is 7.30. The van der Waals surface area contributed by atoms with Crippen molar-refractivity contribution < 1.29 is 27.5 Å². The van der Waals surface area contributed by atoms with Gasteiger partial charge in [0.05, 0.1) is 11.2 Å². The number of likely N-dealkylation sites (tertiary alicyclic amines) is 1. The molecule has 1 fully saturated rings. The molecular formula is C18H24F4N2O2. The van der Waals surface area contributed by atoms with E-state index in [0.717, 1.165) is 12.5 Å². The third-order valence-electron chi connectivity index (χ3n) is 4.64. The third kappa shape index (κ3) is 5.59. The fraction of sp³-hybridized carbons (Fsp3) is 0.611. The fourth-order valence-electron chi connectivity index (χ4n) is 2.96. The van der Waals surface area contributed by atoms with Crippen molar-refractivity contribution in [3.05, 3.63) is 29.6 Å². The van der Waals surface area contributed by atoms with Gasteiger partial charge in [0.25, 0.3) is 0 Å². The minimum atomic E-state index is -4.69. The van der Waals surface area contributed by atoms with Crippen LogP contribution in [0.2, 0.25) is 0 Å². The van der Waals surface area contributed by atoms with Crippen molar-refractivity contribution in [3.63, 3.8) is 0 Å². The molecule has 2 rings (SSSR count). The molecule has 0 spiro atoms. The van der Waals surface area contributed by atoms with Crippen LogP contribution in [0, 0.1) is 11.7 Å². The normalized spacial score (nSPS) is 17.5. The minimum Gasteiger partial charge on any atom is -0.390 e. The summed E-state index contributed by atoms with van der Waals surface area (Å²) in [5.41, 5.74) is -2.22. The van der Waals surface area contributed by atoms with Crippen LogP contribution in [0.5, 0.6) is 0 Å². The summed E-state index contributed by atoms with van der Waals surface area (Å²) in [5.74, 6) is -0.604. The lowest BCUT2D eigenvalue weighted by Gasteiger charge is -2.38. The van der Waals surface area contributed by atoms with Gasteiger partial charge in [-0.2, -0.15) is 13.2 Å². The zero-order valence-electron chi connectivity index (χ0n) is 14.9. The van der Waals surface area contributed by atoms with Crippen LogP contribution < -0.4 is 5.32 Å². The summed E-state index contributed by atoms with van der Waals surface area (Å²) in [4.78, 5) is 13.7. The van der Waals surface area contributed by atoms with E-state index in [-0.39, 0.29) is 5.69 Å². The van der Waals surface area contributed by atoms with Crippen LogP contribution in [-0.2, 0) is 6.18 Å². The fourth-order valence-corrected chi connectivity index (χ4v) is 2.96. The number of hydrogen-bond donors (Lipinski definition) is 2. The largest absolute Gasteiger partial charge is 0.416 e. The molecule has 146 valence electrons. The number of benzene rings is 1. The molecule has 0 saturated carbocycles. The molecule has 1 heterocycles. The zero-order valence-corrected chi connectivity index (χ0v) is 14.9. The Kier molecular flexibility index (Phi) is 6.16. The highest BCUT2D eigenvalue weighted by Gasteiger charge is 2.34. The van der Waals surface area contributed by atoms with Crippen LogP contribution >= 0.6 is 0 Å². The topological polar surface area (TPSA) is 52.6 Å². The van der Waals surface area contributed by atoms with Gasteiger partial charge in [-0.05, 0) is 49.8 Å². The maximum Gasteiger partial charge on any atom is 0.416 e. The van der Waals surface area contributed by atoms with Gasteiger partial charge in [-0.3, -0.25) is 0 Å². The van der Waals surface area contributed by atoms with Crippen LogP contribution in [0.25, 0.3) is 0 Å². The number of halogens is 4. The SMILES string of the molecule is CC(C)CCC1(O)CCN(C(=O)Nc2cc(F)cc(C(F)(F)F)c2)CC1. The third-order valence-corrected chi connectivity index (χ3v) is 4.64. The van der Waals surface area contributed by atoms with Crippen molar-refractivity contribution in [2.75, 3.05) is 18.4 Å². The van der Waals surface area contributed by atoms with E-state index < -0.39 is 29.2 Å². The number of carbonyl (C=O) groups excluding carboxylic acids is 1. The molecule has 1 aliphatic rings. The number of rotatable bonds is 4. The molecule has 1 aromatic carbocycles. The molecule has 8 heteroatoms. The summed E-state index contributed by atoms with van der Waals surface area (Å²) < 4.78 is 51.6. The maximum atomic E-state index is 13.4. The lowest BCUT2D eigenvalue weighted by Crippen LogP contribution is -2.48. The Hall–Kier alpha value is -1.83. The number of alkyl halides is 3. The Balaban J connectivity index is 1.96. The monoisotopic (exact) mass is 376 g/mol. The van der Waals surface area contributed by atoms with Crippen molar-refractivity contribution in [2.45, 2.75) is 51.3 Å². The van der Waals surface area contributed by atoms with Gasteiger partial charge in [0, 0.05) is 18.8 Å². The van der Waals surface area contributed by atoms with Crippen molar-refractivity contribution in [1.29, 1.82) is 0 Å². The number of carbonyl (C=O) groups is 1. The first-order valence-corrected chi connectivity index (χ1v) is 8.65. The summed E-state index contributed by atoms with van der Waals surface area (Å²) in [6.45, 7) is 4.73. The van der Waals surface area contributed by atoms with Gasteiger partial charge in [0.15, 0.2) is 0 Å². The van der Waals surface area contributed by atoms with E-state index in [4.69, 9.17) is 0 Å². The molecule has 0 unspecified atom stereocenters. The van der Waals surface area contributed by atoms with Crippen LogP contribution in [0.4, 0.5) is 28.0 Å². The van der Waals surface area contributed by atoms with Gasteiger partial charge in [0.1, 0.15) is 5.82 Å². The standard InChI is InChI=1S/C18H24F4N2O2/c1-12(2)3-4-17(26)5-7-24(8-6-17)16(25)23-15-10-13(18(20,21)22)9-14(19)11-15/h9-12,26H,3-8H2,1-2H3,(H,23,25). The lowest BCUT2D eigenvalue weighted by molar-refractivity contribution is -0.137. The van der Waals surface area contributed by atoms with E-state index in [9.17, 15) is 27.5 Å². The molecule has 0 aromatic heterocycles. The van der Waals surface area contributed by atoms with Crippen LogP contribution in [0.1, 0.15) is 45.1 Å². The molecule has 0 radical (unpaired) electrons. The van der Waals surface area contributed by atoms with E-state index >= 15 is 0 Å². The molecule has 2 amide bonds. The summed E-state index contributed by atoms with van der Waals surface area (Å²) in [6, 6.07) is 1.32. The van der Waals surface area contributed by atoms with Gasteiger partial charge in [-0.15, -0.1) is 0 Å². The number of anilines is 1. The van der Waals surface area contributed by atoms with Gasteiger partial charge < -0.3 is 15.3 Å². The number of aliphatic hydroxyl groups is 1. The number of amides is 2. The van der Waals surface area contributed by atoms with Crippen LogP contribution in [-0.4, -0.2) is 34.7 Å². The Bertz CT molecular complexity index is 639. The average molecular weight is 376 g/mol. The highest BCUT2D eigenvalue weighted by Crippen LogP contribution is 2.32. The highest BCUT2D eigenvalue weighted by molar-refractivity contribution is 5.89. The van der Waals surface area contributed by atoms with Gasteiger partial charge in [-0.25, -0.2) is 9.18 Å². The molecule has 1 aliphatic heterocycles. The Morgan fingerprint density at radius 3 is 2.42 bits per heavy atom. The van der Waals surface area contributed by atoms with E-state index in [2.05, 4.69) is 19.2 Å². The zero-order chi connectivity index (χ0) is 19.5.